The van der Waals surface area contributed by atoms with Crippen LogP contribution in [-0.4, -0.2) is 32.1 Å². The maximum Gasteiger partial charge on any atom is 0.257 e. The largest absolute Gasteiger partial charge is 0.333 e. The molecule has 3 rings (SSSR count). The number of para-hydroxylation sites is 1. The number of carbonyl (C=O) groups is 1. The topological polar surface area (TPSA) is 74.8 Å². The zero-order valence-electron chi connectivity index (χ0n) is 14.5. The molecule has 0 saturated carbocycles. The Morgan fingerprint density at radius 2 is 2.00 bits per heavy atom. The van der Waals surface area contributed by atoms with Crippen LogP contribution in [0.5, 0.6) is 0 Å². The summed E-state index contributed by atoms with van der Waals surface area (Å²) >= 11 is 0. The molecule has 3 aromatic rings. The number of aromatic nitrogens is 3. The van der Waals surface area contributed by atoms with Crippen LogP contribution in [0.1, 0.15) is 28.0 Å². The normalized spacial score (nSPS) is 10.3. The smallest absolute Gasteiger partial charge is 0.257 e. The first kappa shape index (κ1) is 17.4. The van der Waals surface area contributed by atoms with Crippen molar-refractivity contribution in [1.82, 2.24) is 19.7 Å². The van der Waals surface area contributed by atoms with Gasteiger partial charge in [-0.15, -0.1) is 0 Å². The van der Waals surface area contributed by atoms with Gasteiger partial charge >= 0.3 is 0 Å². The molecule has 0 spiro atoms. The highest BCUT2D eigenvalue weighted by atomic mass is 16.2. The lowest BCUT2D eigenvalue weighted by atomic mass is 10.2. The Morgan fingerprint density at radius 1 is 1.19 bits per heavy atom. The summed E-state index contributed by atoms with van der Waals surface area (Å²) in [5.74, 6) is -0.135. The zero-order chi connectivity index (χ0) is 18.4. The van der Waals surface area contributed by atoms with Crippen molar-refractivity contribution >= 4 is 5.91 Å². The minimum Gasteiger partial charge on any atom is -0.333 e. The van der Waals surface area contributed by atoms with E-state index >= 15 is 0 Å². The Balaban J connectivity index is 1.87. The average molecular weight is 345 g/mol. The summed E-state index contributed by atoms with van der Waals surface area (Å²) in [5.41, 5.74) is 3.14. The van der Waals surface area contributed by atoms with Crippen molar-refractivity contribution in [2.45, 2.75) is 19.9 Å². The molecule has 0 bridgehead atoms. The van der Waals surface area contributed by atoms with Crippen LogP contribution in [0.25, 0.3) is 5.69 Å². The second-order valence-electron chi connectivity index (χ2n) is 5.89. The molecule has 0 radical (unpaired) electrons. The number of rotatable bonds is 6. The van der Waals surface area contributed by atoms with E-state index in [4.69, 9.17) is 5.26 Å². The molecule has 0 aliphatic rings. The van der Waals surface area contributed by atoms with Crippen LogP contribution in [0.2, 0.25) is 0 Å². The Labute approximate surface area is 152 Å². The Kier molecular flexibility index (Phi) is 5.40. The zero-order valence-corrected chi connectivity index (χ0v) is 14.5. The first-order valence-electron chi connectivity index (χ1n) is 8.36. The van der Waals surface area contributed by atoms with E-state index in [0.29, 0.717) is 18.7 Å². The lowest BCUT2D eigenvalue weighted by Gasteiger charge is -2.21. The number of nitrogens with zero attached hydrogens (tertiary/aromatic N) is 5. The summed E-state index contributed by atoms with van der Waals surface area (Å²) in [5, 5.41) is 13.3. The van der Waals surface area contributed by atoms with Gasteiger partial charge in [-0.05, 0) is 30.7 Å². The van der Waals surface area contributed by atoms with Crippen molar-refractivity contribution in [2.75, 3.05) is 6.54 Å². The van der Waals surface area contributed by atoms with E-state index in [1.165, 1.54) is 0 Å². The third kappa shape index (κ3) is 3.78. The number of carbonyl (C=O) groups excluding carboxylic acids is 1. The van der Waals surface area contributed by atoms with E-state index < -0.39 is 0 Å². The van der Waals surface area contributed by atoms with Crippen molar-refractivity contribution in [1.29, 1.82) is 5.26 Å². The van der Waals surface area contributed by atoms with Crippen LogP contribution in [0.15, 0.2) is 61.1 Å². The molecule has 130 valence electrons. The van der Waals surface area contributed by atoms with Gasteiger partial charge in [-0.25, -0.2) is 4.68 Å². The van der Waals surface area contributed by atoms with Crippen LogP contribution in [0.4, 0.5) is 0 Å². The summed E-state index contributed by atoms with van der Waals surface area (Å²) in [7, 11) is 0. The fourth-order valence-electron chi connectivity index (χ4n) is 2.77. The Bertz CT molecular complexity index is 912. The molecule has 6 nitrogen and oxygen atoms in total. The van der Waals surface area contributed by atoms with Crippen LogP contribution in [0, 0.1) is 18.3 Å². The second kappa shape index (κ2) is 8.08. The lowest BCUT2D eigenvalue weighted by Crippen LogP contribution is -2.31. The van der Waals surface area contributed by atoms with E-state index in [-0.39, 0.29) is 12.3 Å². The summed E-state index contributed by atoms with van der Waals surface area (Å²) in [6, 6.07) is 15.5. The van der Waals surface area contributed by atoms with Gasteiger partial charge in [-0.2, -0.15) is 10.4 Å². The molecular formula is C20H19N5O. The third-order valence-electron chi connectivity index (χ3n) is 4.12. The van der Waals surface area contributed by atoms with Crippen LogP contribution < -0.4 is 0 Å². The molecule has 2 heterocycles. The highest BCUT2D eigenvalue weighted by Crippen LogP contribution is 2.17. The number of benzene rings is 1. The molecule has 26 heavy (non-hydrogen) atoms. The predicted molar refractivity (Wildman–Crippen MR) is 97.5 cm³/mol. The van der Waals surface area contributed by atoms with Gasteiger partial charge < -0.3 is 4.90 Å². The summed E-state index contributed by atoms with van der Waals surface area (Å²) in [6.45, 7) is 2.64. The molecule has 0 fully saturated rings. The first-order valence-corrected chi connectivity index (χ1v) is 8.36. The minimum atomic E-state index is -0.135. The standard InChI is InChI=1S/C20H19N5O/c1-16-19(14-23-25(16)18-8-3-2-4-9-18)20(26)24(12-6-10-21)15-17-7-5-11-22-13-17/h2-5,7-9,11,13-14H,6,12,15H2,1H3. The maximum absolute atomic E-state index is 13.1. The van der Waals surface area contributed by atoms with Gasteiger partial charge in [0.1, 0.15) is 0 Å². The first-order chi connectivity index (χ1) is 12.7. The van der Waals surface area contributed by atoms with Crippen LogP contribution >= 0.6 is 0 Å². The van der Waals surface area contributed by atoms with Crippen molar-refractivity contribution < 1.29 is 4.79 Å². The minimum absolute atomic E-state index is 0.135. The van der Waals surface area contributed by atoms with Gasteiger partial charge in [0, 0.05) is 25.5 Å². The Morgan fingerprint density at radius 3 is 2.69 bits per heavy atom. The summed E-state index contributed by atoms with van der Waals surface area (Å²) < 4.78 is 1.75. The molecular weight excluding hydrogens is 326 g/mol. The van der Waals surface area contributed by atoms with Crippen molar-refractivity contribution in [3.05, 3.63) is 77.9 Å². The molecule has 0 atom stereocenters. The van der Waals surface area contributed by atoms with Crippen LogP contribution in [0.3, 0.4) is 0 Å². The number of hydrogen-bond acceptors (Lipinski definition) is 4. The molecule has 1 amide bonds. The van der Waals surface area contributed by atoms with Crippen molar-refractivity contribution in [3.8, 4) is 11.8 Å². The van der Waals surface area contributed by atoms with Gasteiger partial charge in [-0.1, -0.05) is 24.3 Å². The number of nitriles is 1. The van der Waals surface area contributed by atoms with Crippen LogP contribution in [-0.2, 0) is 6.54 Å². The summed E-state index contributed by atoms with van der Waals surface area (Å²) in [6.07, 6.45) is 5.29. The maximum atomic E-state index is 13.1. The average Bonchev–Trinajstić information content (AvgIpc) is 3.07. The molecule has 2 aromatic heterocycles. The monoisotopic (exact) mass is 345 g/mol. The van der Waals surface area contributed by atoms with Gasteiger partial charge in [0.05, 0.1) is 35.6 Å². The van der Waals surface area contributed by atoms with Gasteiger partial charge in [0.15, 0.2) is 0 Å². The number of pyridine rings is 1. The fraction of sp³-hybridized carbons (Fsp3) is 0.200. The highest BCUT2D eigenvalue weighted by Gasteiger charge is 2.21. The number of amides is 1. The fourth-order valence-corrected chi connectivity index (χ4v) is 2.77. The van der Waals surface area contributed by atoms with Gasteiger partial charge in [0.25, 0.3) is 5.91 Å². The summed E-state index contributed by atoms with van der Waals surface area (Å²) in [4.78, 5) is 18.8. The Hall–Kier alpha value is -3.46. The molecule has 1 aromatic carbocycles. The van der Waals surface area contributed by atoms with E-state index in [1.54, 1.807) is 28.2 Å². The van der Waals surface area contributed by atoms with Gasteiger partial charge in [0.2, 0.25) is 0 Å². The molecule has 6 heteroatoms. The second-order valence-corrected chi connectivity index (χ2v) is 5.89. The number of hydrogen-bond donors (Lipinski definition) is 0. The van der Waals surface area contributed by atoms with E-state index in [1.807, 2.05) is 49.4 Å². The quantitative estimate of drug-likeness (QED) is 0.688. The van der Waals surface area contributed by atoms with Gasteiger partial charge in [-0.3, -0.25) is 9.78 Å². The van der Waals surface area contributed by atoms with E-state index in [0.717, 1.165) is 16.9 Å². The molecule has 0 unspecified atom stereocenters. The van der Waals surface area contributed by atoms with Crippen molar-refractivity contribution in [2.24, 2.45) is 0 Å². The molecule has 0 aliphatic carbocycles. The SMILES string of the molecule is Cc1c(C(=O)N(CCC#N)Cc2cccnc2)cnn1-c1ccccc1. The van der Waals surface area contributed by atoms with Crippen molar-refractivity contribution in [3.63, 3.8) is 0 Å². The third-order valence-corrected chi connectivity index (χ3v) is 4.12. The lowest BCUT2D eigenvalue weighted by molar-refractivity contribution is 0.0746. The molecule has 0 saturated heterocycles. The van der Waals surface area contributed by atoms with E-state index in [2.05, 4.69) is 16.2 Å². The highest BCUT2D eigenvalue weighted by molar-refractivity contribution is 5.95. The molecule has 0 aliphatic heterocycles. The predicted octanol–water partition coefficient (Wildman–Crippen LogP) is 3.13. The van der Waals surface area contributed by atoms with E-state index in [9.17, 15) is 4.79 Å². The molecule has 0 N–H and O–H groups in total.